The molecule has 13 heavy (non-hydrogen) atoms. The summed E-state index contributed by atoms with van der Waals surface area (Å²) in [6.45, 7) is 7.68. The number of rotatable bonds is 4. The summed E-state index contributed by atoms with van der Waals surface area (Å²) >= 11 is 1.27. The lowest BCUT2D eigenvalue weighted by atomic mass is 10.1. The first-order valence-electron chi connectivity index (χ1n) is 4.28. The molecule has 1 aromatic rings. The zero-order valence-corrected chi connectivity index (χ0v) is 8.77. The van der Waals surface area contributed by atoms with Gasteiger partial charge < -0.3 is 5.11 Å². The summed E-state index contributed by atoms with van der Waals surface area (Å²) in [6.07, 6.45) is 0.933. The van der Waals surface area contributed by atoms with E-state index in [1.165, 1.54) is 11.5 Å². The summed E-state index contributed by atoms with van der Waals surface area (Å²) < 4.78 is 3.82. The average Bonchev–Trinajstić information content (AvgIpc) is 2.49. The Labute approximate surface area is 82.3 Å². The zero-order chi connectivity index (χ0) is 9.84. The smallest absolute Gasteiger partial charge is 0.0953 e. The summed E-state index contributed by atoms with van der Waals surface area (Å²) in [7, 11) is 0. The van der Waals surface area contributed by atoms with Gasteiger partial charge in [0.15, 0.2) is 0 Å². The van der Waals surface area contributed by atoms with Crippen molar-refractivity contribution in [3.63, 3.8) is 0 Å². The highest BCUT2D eigenvalue weighted by Gasteiger charge is 2.15. The molecule has 0 amide bonds. The predicted molar refractivity (Wildman–Crippen MR) is 53.7 cm³/mol. The second-order valence-electron chi connectivity index (χ2n) is 3.11. The minimum absolute atomic E-state index is 0.479. The molecular formula is C9H14N2OS. The van der Waals surface area contributed by atoms with Crippen molar-refractivity contribution in [2.24, 2.45) is 0 Å². The maximum atomic E-state index is 9.76. The number of nitrogens with zero attached hydrogens (tertiary/aromatic N) is 2. The van der Waals surface area contributed by atoms with Gasteiger partial charge in [-0.15, -0.1) is 11.7 Å². The monoisotopic (exact) mass is 198 g/mol. The van der Waals surface area contributed by atoms with E-state index in [-0.39, 0.29) is 0 Å². The maximum Gasteiger partial charge on any atom is 0.0953 e. The van der Waals surface area contributed by atoms with Crippen LogP contribution in [0.2, 0.25) is 0 Å². The summed E-state index contributed by atoms with van der Waals surface area (Å²) in [4.78, 5) is 0.880. The highest BCUT2D eigenvalue weighted by atomic mass is 32.1. The molecule has 0 spiro atoms. The van der Waals surface area contributed by atoms with Gasteiger partial charge in [0.1, 0.15) is 0 Å². The third-order valence-electron chi connectivity index (χ3n) is 1.76. The number of aliphatic hydroxyl groups is 1. The molecule has 1 aromatic heterocycles. The second kappa shape index (κ2) is 4.48. The summed E-state index contributed by atoms with van der Waals surface area (Å²) in [6, 6.07) is 0. The Balaban J connectivity index is 2.75. The molecule has 0 aliphatic heterocycles. The van der Waals surface area contributed by atoms with Crippen LogP contribution in [0.3, 0.4) is 0 Å². The van der Waals surface area contributed by atoms with Crippen molar-refractivity contribution < 1.29 is 5.11 Å². The fraction of sp³-hybridized carbons (Fsp3) is 0.556. The van der Waals surface area contributed by atoms with Gasteiger partial charge in [-0.25, -0.2) is 0 Å². The molecule has 1 heterocycles. The largest absolute Gasteiger partial charge is 0.387 e. The molecule has 4 heteroatoms. The van der Waals surface area contributed by atoms with Crippen molar-refractivity contribution in [3.8, 4) is 0 Å². The van der Waals surface area contributed by atoms with Crippen LogP contribution in [0.15, 0.2) is 12.2 Å². The van der Waals surface area contributed by atoms with Crippen molar-refractivity contribution >= 4 is 11.5 Å². The molecule has 0 saturated heterocycles. The third kappa shape index (κ3) is 2.60. The quantitative estimate of drug-likeness (QED) is 0.754. The molecule has 0 aliphatic carbocycles. The van der Waals surface area contributed by atoms with Crippen LogP contribution in [0.4, 0.5) is 0 Å². The molecule has 1 atom stereocenters. The van der Waals surface area contributed by atoms with E-state index in [9.17, 15) is 5.11 Å². The topological polar surface area (TPSA) is 46.0 Å². The fourth-order valence-electron chi connectivity index (χ4n) is 1.14. The van der Waals surface area contributed by atoms with Crippen molar-refractivity contribution in [2.45, 2.75) is 32.8 Å². The number of hydrogen-bond acceptors (Lipinski definition) is 4. The van der Waals surface area contributed by atoms with Gasteiger partial charge in [0, 0.05) is 0 Å². The molecule has 0 aromatic carbocycles. The number of aliphatic hydroxyl groups excluding tert-OH is 1. The summed E-state index contributed by atoms with van der Waals surface area (Å²) in [5.41, 5.74) is 1.88. The third-order valence-corrected chi connectivity index (χ3v) is 2.63. The Morgan fingerprint density at radius 3 is 2.92 bits per heavy atom. The van der Waals surface area contributed by atoms with Crippen LogP contribution in [0, 0.1) is 0 Å². The van der Waals surface area contributed by atoms with Crippen LogP contribution in [-0.4, -0.2) is 14.7 Å². The Morgan fingerprint density at radius 2 is 2.38 bits per heavy atom. The van der Waals surface area contributed by atoms with Gasteiger partial charge in [-0.05, 0) is 31.3 Å². The van der Waals surface area contributed by atoms with E-state index in [2.05, 4.69) is 16.2 Å². The molecular weight excluding hydrogens is 184 g/mol. The zero-order valence-electron chi connectivity index (χ0n) is 7.95. The molecule has 72 valence electrons. The van der Waals surface area contributed by atoms with E-state index in [0.717, 1.165) is 22.6 Å². The Hall–Kier alpha value is -0.740. The van der Waals surface area contributed by atoms with Crippen LogP contribution in [0.1, 0.15) is 36.9 Å². The lowest BCUT2D eigenvalue weighted by Crippen LogP contribution is -1.98. The Kier molecular flexibility index (Phi) is 3.57. The first-order chi connectivity index (χ1) is 6.15. The molecule has 0 saturated carbocycles. The van der Waals surface area contributed by atoms with E-state index >= 15 is 0 Å². The normalized spacial score (nSPS) is 12.8. The summed E-state index contributed by atoms with van der Waals surface area (Å²) in [5, 5.41) is 13.7. The molecule has 0 radical (unpaired) electrons. The molecule has 1 unspecified atom stereocenters. The Bertz CT molecular complexity index is 296. The van der Waals surface area contributed by atoms with E-state index in [0.29, 0.717) is 6.42 Å². The molecule has 0 fully saturated rings. The first kappa shape index (κ1) is 10.3. The van der Waals surface area contributed by atoms with E-state index in [4.69, 9.17) is 0 Å². The molecule has 0 bridgehead atoms. The van der Waals surface area contributed by atoms with Crippen LogP contribution < -0.4 is 0 Å². The molecule has 1 rings (SSSR count). The molecule has 1 N–H and O–H groups in total. The highest BCUT2D eigenvalue weighted by molar-refractivity contribution is 7.05. The number of aromatic nitrogens is 2. The first-order valence-corrected chi connectivity index (χ1v) is 5.06. The van der Waals surface area contributed by atoms with Gasteiger partial charge in [-0.2, -0.15) is 0 Å². The fourth-order valence-corrected chi connectivity index (χ4v) is 1.86. The lowest BCUT2D eigenvalue weighted by Gasteiger charge is -2.07. The van der Waals surface area contributed by atoms with Crippen molar-refractivity contribution in [2.75, 3.05) is 0 Å². The van der Waals surface area contributed by atoms with Gasteiger partial charge in [-0.1, -0.05) is 17.0 Å². The van der Waals surface area contributed by atoms with Crippen LogP contribution >= 0.6 is 11.5 Å². The van der Waals surface area contributed by atoms with Gasteiger partial charge in [0.25, 0.3) is 0 Å². The van der Waals surface area contributed by atoms with E-state index in [1.54, 1.807) is 0 Å². The molecule has 0 aliphatic rings. The van der Waals surface area contributed by atoms with Crippen LogP contribution in [0.5, 0.6) is 0 Å². The second-order valence-corrected chi connectivity index (χ2v) is 3.90. The van der Waals surface area contributed by atoms with Crippen molar-refractivity contribution in [1.29, 1.82) is 0 Å². The predicted octanol–water partition coefficient (Wildman–Crippen LogP) is 2.10. The SMILES string of the molecule is C=C(C)CC(O)c1snnc1CC. The minimum atomic E-state index is -0.479. The number of hydrogen-bond donors (Lipinski definition) is 1. The number of aryl methyl sites for hydroxylation is 1. The van der Waals surface area contributed by atoms with Gasteiger partial charge in [0.05, 0.1) is 16.7 Å². The van der Waals surface area contributed by atoms with Crippen LogP contribution in [0.25, 0.3) is 0 Å². The van der Waals surface area contributed by atoms with E-state index in [1.807, 2.05) is 13.8 Å². The van der Waals surface area contributed by atoms with Gasteiger partial charge in [0.2, 0.25) is 0 Å². The Morgan fingerprint density at radius 1 is 1.69 bits per heavy atom. The lowest BCUT2D eigenvalue weighted by molar-refractivity contribution is 0.181. The van der Waals surface area contributed by atoms with Crippen molar-refractivity contribution in [1.82, 2.24) is 9.59 Å². The van der Waals surface area contributed by atoms with Crippen molar-refractivity contribution in [3.05, 3.63) is 22.7 Å². The highest BCUT2D eigenvalue weighted by Crippen LogP contribution is 2.25. The van der Waals surface area contributed by atoms with Gasteiger partial charge in [-0.3, -0.25) is 0 Å². The van der Waals surface area contributed by atoms with Crippen LogP contribution in [-0.2, 0) is 6.42 Å². The minimum Gasteiger partial charge on any atom is -0.387 e. The van der Waals surface area contributed by atoms with Gasteiger partial charge >= 0.3 is 0 Å². The van der Waals surface area contributed by atoms with E-state index < -0.39 is 6.10 Å². The maximum absolute atomic E-state index is 9.76. The summed E-state index contributed by atoms with van der Waals surface area (Å²) in [5.74, 6) is 0. The standard InChI is InChI=1S/C9H14N2OS/c1-4-7-9(13-11-10-7)8(12)5-6(2)3/h8,12H,2,4-5H2,1,3H3. The average molecular weight is 198 g/mol. The molecule has 3 nitrogen and oxygen atoms in total.